The first-order valence-electron chi connectivity index (χ1n) is 6.42. The number of aryl methyl sites for hydroxylation is 1. The van der Waals surface area contributed by atoms with Crippen LogP contribution in [0.25, 0.3) is 0 Å². The lowest BCUT2D eigenvalue weighted by atomic mass is 9.84. The third-order valence-corrected chi connectivity index (χ3v) is 5.61. The Morgan fingerprint density at radius 3 is 2.72 bits per heavy atom. The molecule has 3 fully saturated rings. The molecule has 98 valence electrons. The predicted octanol–water partition coefficient (Wildman–Crippen LogP) is 2.53. The maximum absolute atomic E-state index is 12.2. The lowest BCUT2D eigenvalue weighted by Gasteiger charge is -2.44. The third-order valence-electron chi connectivity index (χ3n) is 4.05. The van der Waals surface area contributed by atoms with Gasteiger partial charge in [0.05, 0.1) is 9.21 Å². The standard InChI is InChI=1S/C13H17ClN2OS/c1-8-6-11(18-12(8)14)13(17)15-10-7-16-4-2-9(10)3-5-16/h6,9-10H,2-5,7H2,1H3,(H,15,17)/t10-/m0/s1. The smallest absolute Gasteiger partial charge is 0.261 e. The van der Waals surface area contributed by atoms with Crippen molar-refractivity contribution < 1.29 is 4.79 Å². The molecule has 3 aliphatic rings. The first kappa shape index (κ1) is 12.5. The fraction of sp³-hybridized carbons (Fsp3) is 0.615. The third kappa shape index (κ3) is 2.29. The SMILES string of the molecule is Cc1cc(C(=O)N[C@H]2CN3CCC2CC3)sc1Cl. The van der Waals surface area contributed by atoms with Gasteiger partial charge < -0.3 is 10.2 Å². The monoisotopic (exact) mass is 284 g/mol. The Morgan fingerprint density at radius 1 is 1.50 bits per heavy atom. The van der Waals surface area contributed by atoms with Crippen LogP contribution >= 0.6 is 22.9 Å². The lowest BCUT2D eigenvalue weighted by molar-refractivity contribution is 0.0622. The van der Waals surface area contributed by atoms with Crippen molar-refractivity contribution in [2.75, 3.05) is 19.6 Å². The van der Waals surface area contributed by atoms with Crippen molar-refractivity contribution in [2.45, 2.75) is 25.8 Å². The molecule has 0 aliphatic carbocycles. The molecule has 0 radical (unpaired) electrons. The van der Waals surface area contributed by atoms with E-state index in [0.29, 0.717) is 16.3 Å². The molecule has 3 saturated heterocycles. The van der Waals surface area contributed by atoms with Gasteiger partial charge in [0.1, 0.15) is 0 Å². The number of hydrogen-bond acceptors (Lipinski definition) is 3. The van der Waals surface area contributed by atoms with Crippen molar-refractivity contribution in [3.63, 3.8) is 0 Å². The summed E-state index contributed by atoms with van der Waals surface area (Å²) in [5.41, 5.74) is 0.987. The molecule has 4 rings (SSSR count). The molecule has 0 spiro atoms. The fourth-order valence-electron chi connectivity index (χ4n) is 2.94. The molecule has 5 heteroatoms. The molecule has 18 heavy (non-hydrogen) atoms. The summed E-state index contributed by atoms with van der Waals surface area (Å²) in [5.74, 6) is 0.698. The number of nitrogens with zero attached hydrogens (tertiary/aromatic N) is 1. The largest absolute Gasteiger partial charge is 0.347 e. The van der Waals surface area contributed by atoms with Gasteiger partial charge in [0.25, 0.3) is 5.91 Å². The number of carbonyl (C=O) groups is 1. The van der Waals surface area contributed by atoms with Crippen molar-refractivity contribution in [1.29, 1.82) is 0 Å². The molecular formula is C13H17ClN2OS. The van der Waals surface area contributed by atoms with E-state index in [1.165, 1.54) is 37.3 Å². The zero-order valence-electron chi connectivity index (χ0n) is 10.4. The lowest BCUT2D eigenvalue weighted by Crippen LogP contribution is -2.57. The Hall–Kier alpha value is -0.580. The highest BCUT2D eigenvalue weighted by molar-refractivity contribution is 7.18. The number of halogens is 1. The molecule has 1 N–H and O–H groups in total. The molecule has 3 aliphatic heterocycles. The predicted molar refractivity (Wildman–Crippen MR) is 74.5 cm³/mol. The summed E-state index contributed by atoms with van der Waals surface area (Å²) in [5, 5.41) is 3.18. The number of rotatable bonds is 2. The van der Waals surface area contributed by atoms with Crippen LogP contribution in [0.15, 0.2) is 6.07 Å². The number of nitrogens with one attached hydrogen (secondary N) is 1. The highest BCUT2D eigenvalue weighted by Gasteiger charge is 2.35. The second-order valence-corrected chi connectivity index (χ2v) is 6.94. The van der Waals surface area contributed by atoms with Crippen molar-refractivity contribution in [3.05, 3.63) is 20.8 Å². The van der Waals surface area contributed by atoms with Gasteiger partial charge in [0, 0.05) is 12.6 Å². The number of piperidine rings is 3. The Bertz CT molecular complexity index is 446. The molecule has 3 nitrogen and oxygen atoms in total. The van der Waals surface area contributed by atoms with Crippen LogP contribution in [0.5, 0.6) is 0 Å². The molecule has 0 aromatic carbocycles. The van der Waals surface area contributed by atoms with Gasteiger partial charge >= 0.3 is 0 Å². The molecule has 4 heterocycles. The van der Waals surface area contributed by atoms with E-state index < -0.39 is 0 Å². The molecule has 0 saturated carbocycles. The quantitative estimate of drug-likeness (QED) is 0.905. The summed E-state index contributed by atoms with van der Waals surface area (Å²) in [7, 11) is 0. The van der Waals surface area contributed by atoms with Crippen LogP contribution in [0, 0.1) is 12.8 Å². The summed E-state index contributed by atoms with van der Waals surface area (Å²) in [6.07, 6.45) is 2.43. The number of amides is 1. The van der Waals surface area contributed by atoms with E-state index >= 15 is 0 Å². The Balaban J connectivity index is 1.67. The second-order valence-electron chi connectivity index (χ2n) is 5.29. The van der Waals surface area contributed by atoms with Gasteiger partial charge in [-0.1, -0.05) is 11.6 Å². The molecule has 1 aromatic heterocycles. The van der Waals surface area contributed by atoms with E-state index in [4.69, 9.17) is 11.6 Å². The van der Waals surface area contributed by atoms with Crippen LogP contribution in [-0.2, 0) is 0 Å². The number of hydrogen-bond donors (Lipinski definition) is 1. The van der Waals surface area contributed by atoms with Crippen LogP contribution in [0.1, 0.15) is 28.1 Å². The average Bonchev–Trinajstić information content (AvgIpc) is 2.71. The Labute approximate surface area is 116 Å². The minimum absolute atomic E-state index is 0.0359. The van der Waals surface area contributed by atoms with Crippen LogP contribution in [0.3, 0.4) is 0 Å². The van der Waals surface area contributed by atoms with Crippen LogP contribution in [0.2, 0.25) is 4.34 Å². The summed E-state index contributed by atoms with van der Waals surface area (Å²) in [6.45, 7) is 5.33. The molecule has 0 unspecified atom stereocenters. The van der Waals surface area contributed by atoms with Gasteiger partial charge in [-0.15, -0.1) is 11.3 Å². The maximum atomic E-state index is 12.2. The zero-order chi connectivity index (χ0) is 12.7. The zero-order valence-corrected chi connectivity index (χ0v) is 12.0. The summed E-state index contributed by atoms with van der Waals surface area (Å²) in [4.78, 5) is 15.3. The normalized spacial score (nSPS) is 30.4. The molecule has 1 amide bonds. The van der Waals surface area contributed by atoms with Crippen LogP contribution in [-0.4, -0.2) is 36.5 Å². The number of fused-ring (bicyclic) bond motifs is 3. The minimum Gasteiger partial charge on any atom is -0.347 e. The number of carbonyl (C=O) groups excluding carboxylic acids is 1. The van der Waals surface area contributed by atoms with Crippen LogP contribution in [0.4, 0.5) is 0 Å². The van der Waals surface area contributed by atoms with Gasteiger partial charge in [-0.2, -0.15) is 0 Å². The fourth-order valence-corrected chi connectivity index (χ4v) is 4.04. The highest BCUT2D eigenvalue weighted by atomic mass is 35.5. The number of thiophene rings is 1. The molecule has 1 atom stereocenters. The van der Waals surface area contributed by atoms with Crippen molar-refractivity contribution in [1.82, 2.24) is 10.2 Å². The molecule has 2 bridgehead atoms. The highest BCUT2D eigenvalue weighted by Crippen LogP contribution is 2.29. The van der Waals surface area contributed by atoms with Gasteiger partial charge in [0.15, 0.2) is 0 Å². The summed E-state index contributed by atoms with van der Waals surface area (Å²) < 4.78 is 0.717. The molecule has 1 aromatic rings. The first-order chi connectivity index (χ1) is 8.63. The molecular weight excluding hydrogens is 268 g/mol. The van der Waals surface area contributed by atoms with Gasteiger partial charge in [0.2, 0.25) is 0 Å². The average molecular weight is 285 g/mol. The Morgan fingerprint density at radius 2 is 2.22 bits per heavy atom. The van der Waals surface area contributed by atoms with Gasteiger partial charge in [-0.25, -0.2) is 0 Å². The van der Waals surface area contributed by atoms with Crippen molar-refractivity contribution in [3.8, 4) is 0 Å². The topological polar surface area (TPSA) is 32.3 Å². The van der Waals surface area contributed by atoms with Gasteiger partial charge in [-0.05, 0) is 50.4 Å². The van der Waals surface area contributed by atoms with Crippen LogP contribution < -0.4 is 5.32 Å². The van der Waals surface area contributed by atoms with Crippen molar-refractivity contribution in [2.24, 2.45) is 5.92 Å². The van der Waals surface area contributed by atoms with E-state index in [-0.39, 0.29) is 5.91 Å². The van der Waals surface area contributed by atoms with E-state index in [1.54, 1.807) is 0 Å². The van der Waals surface area contributed by atoms with E-state index in [0.717, 1.165) is 17.0 Å². The van der Waals surface area contributed by atoms with Gasteiger partial charge in [-0.3, -0.25) is 4.79 Å². The summed E-state index contributed by atoms with van der Waals surface area (Å²) in [6, 6.07) is 2.20. The summed E-state index contributed by atoms with van der Waals surface area (Å²) >= 11 is 7.38. The first-order valence-corrected chi connectivity index (χ1v) is 7.62. The Kier molecular flexibility index (Phi) is 3.34. The van der Waals surface area contributed by atoms with E-state index in [1.807, 2.05) is 13.0 Å². The second kappa shape index (κ2) is 4.83. The maximum Gasteiger partial charge on any atom is 0.261 e. The minimum atomic E-state index is 0.0359. The van der Waals surface area contributed by atoms with E-state index in [9.17, 15) is 4.79 Å². The van der Waals surface area contributed by atoms with Crippen molar-refractivity contribution >= 4 is 28.8 Å². The van der Waals surface area contributed by atoms with E-state index in [2.05, 4.69) is 10.2 Å².